The Bertz CT molecular complexity index is 198. The summed E-state index contributed by atoms with van der Waals surface area (Å²) in [7, 11) is 0. The molecule has 0 radical (unpaired) electrons. The lowest BCUT2D eigenvalue weighted by molar-refractivity contribution is -0.139. The molecule has 0 fully saturated rings. The average molecular weight is 223 g/mol. The Hall–Kier alpha value is -0.570. The molecule has 0 saturated carbocycles. The lowest BCUT2D eigenvalue weighted by Crippen LogP contribution is -2.47. The van der Waals surface area contributed by atoms with Gasteiger partial charge in [0.15, 0.2) is 5.78 Å². The average Bonchev–Trinajstić information content (AvgIpc) is 2.22. The summed E-state index contributed by atoms with van der Waals surface area (Å²) in [6, 6.07) is 0. The molecule has 0 aliphatic carbocycles. The first kappa shape index (κ1) is 14.4. The SMILES string of the molecule is CC(O)NCC(=O)C(O)C(O)C(O)CO. The van der Waals surface area contributed by atoms with E-state index in [9.17, 15) is 9.90 Å². The van der Waals surface area contributed by atoms with Gasteiger partial charge in [-0.15, -0.1) is 0 Å². The normalized spacial score (nSPS) is 19.3. The second kappa shape index (κ2) is 6.83. The van der Waals surface area contributed by atoms with Crippen molar-refractivity contribution in [1.29, 1.82) is 0 Å². The Balaban J connectivity index is 4.07. The van der Waals surface area contributed by atoms with Gasteiger partial charge in [0.1, 0.15) is 24.5 Å². The van der Waals surface area contributed by atoms with E-state index in [1.54, 1.807) is 0 Å². The van der Waals surface area contributed by atoms with Gasteiger partial charge in [0, 0.05) is 0 Å². The second-order valence-electron chi connectivity index (χ2n) is 3.21. The molecule has 0 amide bonds. The number of hydrogen-bond donors (Lipinski definition) is 6. The van der Waals surface area contributed by atoms with E-state index in [2.05, 4.69) is 5.32 Å². The van der Waals surface area contributed by atoms with Crippen LogP contribution in [0.25, 0.3) is 0 Å². The van der Waals surface area contributed by atoms with Crippen LogP contribution in [-0.4, -0.2) is 69.0 Å². The standard InChI is InChI=1S/C8H17NO6/c1-4(11)9-2-5(12)7(14)8(15)6(13)3-10/h4,6-11,13-15H,2-3H2,1H3. The highest BCUT2D eigenvalue weighted by Gasteiger charge is 2.29. The summed E-state index contributed by atoms with van der Waals surface area (Å²) in [5.41, 5.74) is 0. The minimum atomic E-state index is -1.79. The zero-order valence-electron chi connectivity index (χ0n) is 8.37. The molecule has 7 heteroatoms. The van der Waals surface area contributed by atoms with Gasteiger partial charge < -0.3 is 25.5 Å². The van der Waals surface area contributed by atoms with Crippen LogP contribution in [0.3, 0.4) is 0 Å². The topological polar surface area (TPSA) is 130 Å². The number of aliphatic hydroxyl groups is 5. The second-order valence-corrected chi connectivity index (χ2v) is 3.21. The van der Waals surface area contributed by atoms with E-state index in [-0.39, 0.29) is 6.54 Å². The Kier molecular flexibility index (Phi) is 6.57. The predicted octanol–water partition coefficient (Wildman–Crippen LogP) is -3.44. The van der Waals surface area contributed by atoms with Crippen LogP contribution in [0.5, 0.6) is 0 Å². The third-order valence-electron chi connectivity index (χ3n) is 1.81. The molecule has 6 N–H and O–H groups in total. The van der Waals surface area contributed by atoms with Gasteiger partial charge in [-0.3, -0.25) is 10.1 Å². The van der Waals surface area contributed by atoms with E-state index in [0.717, 1.165) is 0 Å². The maximum absolute atomic E-state index is 11.1. The van der Waals surface area contributed by atoms with Crippen LogP contribution in [0.2, 0.25) is 0 Å². The highest BCUT2D eigenvalue weighted by atomic mass is 16.4. The van der Waals surface area contributed by atoms with Gasteiger partial charge in [0.25, 0.3) is 0 Å². The van der Waals surface area contributed by atoms with E-state index < -0.39 is 36.9 Å². The number of ketones is 1. The molecule has 0 aromatic heterocycles. The highest BCUT2D eigenvalue weighted by molar-refractivity contribution is 5.85. The number of hydrogen-bond acceptors (Lipinski definition) is 7. The molecule has 15 heavy (non-hydrogen) atoms. The van der Waals surface area contributed by atoms with Gasteiger partial charge in [-0.1, -0.05) is 0 Å². The van der Waals surface area contributed by atoms with Crippen molar-refractivity contribution in [1.82, 2.24) is 5.32 Å². The number of carbonyl (C=O) groups is 1. The first-order valence-corrected chi connectivity index (χ1v) is 4.49. The lowest BCUT2D eigenvalue weighted by Gasteiger charge is -2.20. The highest BCUT2D eigenvalue weighted by Crippen LogP contribution is 2.00. The zero-order valence-corrected chi connectivity index (χ0v) is 8.37. The maximum Gasteiger partial charge on any atom is 0.177 e. The molecule has 7 nitrogen and oxygen atoms in total. The summed E-state index contributed by atoms with van der Waals surface area (Å²) in [5.74, 6) is -0.782. The van der Waals surface area contributed by atoms with Gasteiger partial charge in [0.05, 0.1) is 13.2 Å². The van der Waals surface area contributed by atoms with Gasteiger partial charge in [-0.05, 0) is 6.92 Å². The predicted molar refractivity (Wildman–Crippen MR) is 49.8 cm³/mol. The van der Waals surface area contributed by atoms with Crippen molar-refractivity contribution in [2.75, 3.05) is 13.2 Å². The smallest absolute Gasteiger partial charge is 0.177 e. The lowest BCUT2D eigenvalue weighted by atomic mass is 10.0. The minimum Gasteiger partial charge on any atom is -0.394 e. The number of rotatable bonds is 7. The van der Waals surface area contributed by atoms with Crippen LogP contribution in [0.1, 0.15) is 6.92 Å². The fourth-order valence-electron chi connectivity index (χ4n) is 0.862. The maximum atomic E-state index is 11.1. The number of nitrogens with one attached hydrogen (secondary N) is 1. The third kappa shape index (κ3) is 5.17. The molecule has 0 bridgehead atoms. The van der Waals surface area contributed by atoms with Crippen LogP contribution >= 0.6 is 0 Å². The van der Waals surface area contributed by atoms with E-state index in [4.69, 9.17) is 20.4 Å². The molecule has 0 spiro atoms. The Morgan fingerprint density at radius 1 is 1.27 bits per heavy atom. The summed E-state index contributed by atoms with van der Waals surface area (Å²) in [6.07, 6.45) is -6.02. The summed E-state index contributed by atoms with van der Waals surface area (Å²) >= 11 is 0. The van der Waals surface area contributed by atoms with Crippen molar-refractivity contribution in [3.8, 4) is 0 Å². The van der Waals surface area contributed by atoms with Gasteiger partial charge in [-0.25, -0.2) is 0 Å². The molecule has 4 atom stereocenters. The molecule has 4 unspecified atom stereocenters. The van der Waals surface area contributed by atoms with E-state index in [1.165, 1.54) is 6.92 Å². The van der Waals surface area contributed by atoms with Crippen molar-refractivity contribution < 1.29 is 30.3 Å². The molecule has 0 aliphatic heterocycles. The van der Waals surface area contributed by atoms with Crippen molar-refractivity contribution in [2.45, 2.75) is 31.5 Å². The fourth-order valence-corrected chi connectivity index (χ4v) is 0.862. The monoisotopic (exact) mass is 223 g/mol. The van der Waals surface area contributed by atoms with Gasteiger partial charge >= 0.3 is 0 Å². The largest absolute Gasteiger partial charge is 0.394 e. The van der Waals surface area contributed by atoms with Crippen LogP contribution < -0.4 is 5.32 Å². The first-order valence-electron chi connectivity index (χ1n) is 4.49. The Labute approximate surface area is 87.0 Å². The van der Waals surface area contributed by atoms with E-state index in [1.807, 2.05) is 0 Å². The molecule has 0 heterocycles. The van der Waals surface area contributed by atoms with Crippen LogP contribution in [-0.2, 0) is 4.79 Å². The van der Waals surface area contributed by atoms with E-state index >= 15 is 0 Å². The van der Waals surface area contributed by atoms with Gasteiger partial charge in [-0.2, -0.15) is 0 Å². The molecule has 0 saturated heterocycles. The van der Waals surface area contributed by atoms with Crippen molar-refractivity contribution in [3.05, 3.63) is 0 Å². The molecule has 90 valence electrons. The minimum absolute atomic E-state index is 0.339. The Morgan fingerprint density at radius 2 is 1.80 bits per heavy atom. The molecular formula is C8H17NO6. The molecule has 0 aliphatic rings. The molecule has 0 aromatic carbocycles. The summed E-state index contributed by atoms with van der Waals surface area (Å²) in [6.45, 7) is 0.294. The van der Waals surface area contributed by atoms with Crippen LogP contribution in [0.15, 0.2) is 0 Å². The molecule has 0 rings (SSSR count). The quantitative estimate of drug-likeness (QED) is 0.247. The first-order chi connectivity index (χ1) is 6.90. The number of Topliss-reactive ketones (excluding diaryl/α,β-unsaturated/α-hetero) is 1. The molecule has 0 aromatic rings. The third-order valence-corrected chi connectivity index (χ3v) is 1.81. The molecular weight excluding hydrogens is 206 g/mol. The fraction of sp³-hybridized carbons (Fsp3) is 0.875. The van der Waals surface area contributed by atoms with Crippen LogP contribution in [0.4, 0.5) is 0 Å². The summed E-state index contributed by atoms with van der Waals surface area (Å²) in [5, 5.41) is 46.9. The van der Waals surface area contributed by atoms with Gasteiger partial charge in [0.2, 0.25) is 0 Å². The summed E-state index contributed by atoms with van der Waals surface area (Å²) < 4.78 is 0. The van der Waals surface area contributed by atoms with Crippen molar-refractivity contribution >= 4 is 5.78 Å². The zero-order chi connectivity index (χ0) is 12.0. The van der Waals surface area contributed by atoms with Crippen molar-refractivity contribution in [3.63, 3.8) is 0 Å². The van der Waals surface area contributed by atoms with Crippen LogP contribution in [0, 0.1) is 0 Å². The van der Waals surface area contributed by atoms with E-state index in [0.29, 0.717) is 0 Å². The Morgan fingerprint density at radius 3 is 2.20 bits per heavy atom. The number of carbonyl (C=O) groups excluding carboxylic acids is 1. The number of aliphatic hydroxyl groups excluding tert-OH is 5. The summed E-state index contributed by atoms with van der Waals surface area (Å²) in [4.78, 5) is 11.1. The van der Waals surface area contributed by atoms with Crippen molar-refractivity contribution in [2.24, 2.45) is 0 Å².